The first-order chi connectivity index (χ1) is 12.1. The summed E-state index contributed by atoms with van der Waals surface area (Å²) in [6, 6.07) is 12.9. The van der Waals surface area contributed by atoms with E-state index in [9.17, 15) is 9.59 Å². The average Bonchev–Trinajstić information content (AvgIpc) is 3.21. The maximum atomic E-state index is 13.3. The Hall–Kier alpha value is -2.56. The van der Waals surface area contributed by atoms with Crippen LogP contribution in [0, 0.1) is 0 Å². The summed E-state index contributed by atoms with van der Waals surface area (Å²) in [5, 5.41) is 2.86. The maximum Gasteiger partial charge on any atom is 0.287 e. The van der Waals surface area contributed by atoms with E-state index in [1.807, 2.05) is 42.2 Å². The van der Waals surface area contributed by atoms with Crippen LogP contribution in [0.15, 0.2) is 53.1 Å². The summed E-state index contributed by atoms with van der Waals surface area (Å²) in [5.74, 6) is 0.0116. The number of hydrogen-bond acceptors (Lipinski definition) is 3. The van der Waals surface area contributed by atoms with Gasteiger partial charge in [0, 0.05) is 19.6 Å². The molecule has 2 amide bonds. The van der Waals surface area contributed by atoms with Crippen molar-refractivity contribution in [2.24, 2.45) is 0 Å². The molecule has 2 aromatic rings. The highest BCUT2D eigenvalue weighted by atomic mass is 16.3. The third-order valence-corrected chi connectivity index (χ3v) is 4.87. The summed E-state index contributed by atoms with van der Waals surface area (Å²) in [5.41, 5.74) is 0.103. The van der Waals surface area contributed by atoms with E-state index in [1.165, 1.54) is 12.7 Å². The third kappa shape index (κ3) is 3.76. The number of piperidine rings is 1. The van der Waals surface area contributed by atoms with Gasteiger partial charge in [-0.3, -0.25) is 9.59 Å². The summed E-state index contributed by atoms with van der Waals surface area (Å²) in [4.78, 5) is 27.4. The van der Waals surface area contributed by atoms with Gasteiger partial charge in [0.15, 0.2) is 5.76 Å². The summed E-state index contributed by atoms with van der Waals surface area (Å²) in [7, 11) is 0. The lowest BCUT2D eigenvalue weighted by Gasteiger charge is -2.37. The molecule has 0 bridgehead atoms. The molecule has 1 aromatic carbocycles. The molecule has 1 aliphatic heterocycles. The van der Waals surface area contributed by atoms with Gasteiger partial charge in [-0.2, -0.15) is 0 Å². The van der Waals surface area contributed by atoms with Crippen LogP contribution in [0.2, 0.25) is 0 Å². The van der Waals surface area contributed by atoms with Gasteiger partial charge in [-0.1, -0.05) is 30.3 Å². The fourth-order valence-electron chi connectivity index (χ4n) is 3.31. The zero-order chi connectivity index (χ0) is 17.7. The van der Waals surface area contributed by atoms with Crippen molar-refractivity contribution in [2.45, 2.75) is 31.6 Å². The predicted octanol–water partition coefficient (Wildman–Crippen LogP) is 2.98. The van der Waals surface area contributed by atoms with Crippen LogP contribution in [0.25, 0.3) is 0 Å². The Morgan fingerprint density at radius 3 is 2.44 bits per heavy atom. The molecule has 1 saturated heterocycles. The molecule has 5 nitrogen and oxygen atoms in total. The summed E-state index contributed by atoms with van der Waals surface area (Å²) in [6.45, 7) is 3.70. The van der Waals surface area contributed by atoms with Crippen LogP contribution in [0.5, 0.6) is 0 Å². The number of likely N-dealkylation sites (tertiary alicyclic amines) is 1. The van der Waals surface area contributed by atoms with E-state index >= 15 is 0 Å². The minimum Gasteiger partial charge on any atom is -0.459 e. The van der Waals surface area contributed by atoms with Gasteiger partial charge in [0.1, 0.15) is 0 Å². The molecule has 2 heterocycles. The van der Waals surface area contributed by atoms with Gasteiger partial charge in [0.25, 0.3) is 5.91 Å². The summed E-state index contributed by atoms with van der Waals surface area (Å²) in [6.07, 6.45) is 4.70. The van der Waals surface area contributed by atoms with E-state index in [4.69, 9.17) is 4.42 Å². The molecule has 25 heavy (non-hydrogen) atoms. The molecular formula is C20H24N2O3. The molecule has 0 saturated carbocycles. The van der Waals surface area contributed by atoms with Crippen molar-refractivity contribution in [3.8, 4) is 0 Å². The number of nitrogens with zero attached hydrogens (tertiary/aromatic N) is 1. The van der Waals surface area contributed by atoms with Crippen molar-refractivity contribution in [3.63, 3.8) is 0 Å². The molecule has 5 heteroatoms. The zero-order valence-corrected chi connectivity index (χ0v) is 14.5. The normalized spacial score (nSPS) is 16.9. The molecule has 0 aliphatic carbocycles. The van der Waals surface area contributed by atoms with E-state index in [1.54, 1.807) is 12.1 Å². The first-order valence-corrected chi connectivity index (χ1v) is 8.78. The quantitative estimate of drug-likeness (QED) is 0.910. The van der Waals surface area contributed by atoms with Gasteiger partial charge in [0.05, 0.1) is 11.7 Å². The van der Waals surface area contributed by atoms with E-state index in [0.29, 0.717) is 0 Å². The highest BCUT2D eigenvalue weighted by Crippen LogP contribution is 2.27. The molecule has 1 aromatic heterocycles. The van der Waals surface area contributed by atoms with Gasteiger partial charge in [0.2, 0.25) is 5.91 Å². The molecule has 3 rings (SSSR count). The Morgan fingerprint density at radius 1 is 1.08 bits per heavy atom. The van der Waals surface area contributed by atoms with Crippen LogP contribution in [-0.2, 0) is 10.2 Å². The largest absolute Gasteiger partial charge is 0.459 e. The first-order valence-electron chi connectivity index (χ1n) is 8.78. The van der Waals surface area contributed by atoms with Gasteiger partial charge in [-0.25, -0.2) is 0 Å². The third-order valence-electron chi connectivity index (χ3n) is 4.87. The van der Waals surface area contributed by atoms with Crippen molar-refractivity contribution >= 4 is 11.8 Å². The van der Waals surface area contributed by atoms with Crippen LogP contribution >= 0.6 is 0 Å². The van der Waals surface area contributed by atoms with E-state index in [-0.39, 0.29) is 24.1 Å². The molecule has 0 spiro atoms. The standard InChI is InChI=1S/C20H24N2O3/c1-20(16-9-4-2-5-10-16,19(24)22-12-6-3-7-13-22)15-21-18(23)17-11-8-14-25-17/h2,4-5,8-11,14H,3,6-7,12-13,15H2,1H3,(H,21,23). The van der Waals surface area contributed by atoms with Crippen molar-refractivity contribution in [3.05, 3.63) is 60.1 Å². The molecule has 1 unspecified atom stereocenters. The maximum absolute atomic E-state index is 13.3. The minimum absolute atomic E-state index is 0.0677. The topological polar surface area (TPSA) is 62.6 Å². The van der Waals surface area contributed by atoms with Gasteiger partial charge < -0.3 is 14.6 Å². The Bertz CT molecular complexity index is 706. The molecule has 1 aliphatic rings. The molecule has 1 N–H and O–H groups in total. The lowest BCUT2D eigenvalue weighted by molar-refractivity contribution is -0.137. The van der Waals surface area contributed by atoms with E-state index < -0.39 is 5.41 Å². The number of benzene rings is 1. The highest BCUT2D eigenvalue weighted by Gasteiger charge is 2.39. The molecule has 1 atom stereocenters. The van der Waals surface area contributed by atoms with Crippen molar-refractivity contribution < 1.29 is 14.0 Å². The van der Waals surface area contributed by atoms with Crippen LogP contribution in [0.3, 0.4) is 0 Å². The SMILES string of the molecule is CC(CNC(=O)c1ccco1)(C(=O)N1CCCCC1)c1ccccc1. The number of hydrogen-bond donors (Lipinski definition) is 1. The number of carbonyl (C=O) groups excluding carboxylic acids is 2. The second-order valence-electron chi connectivity index (χ2n) is 6.71. The van der Waals surface area contributed by atoms with Crippen LogP contribution in [0.4, 0.5) is 0 Å². The van der Waals surface area contributed by atoms with Crippen molar-refractivity contribution in [1.29, 1.82) is 0 Å². The smallest absolute Gasteiger partial charge is 0.287 e. The molecule has 1 fully saturated rings. The fourth-order valence-corrected chi connectivity index (χ4v) is 3.31. The number of furan rings is 1. The molecular weight excluding hydrogens is 316 g/mol. The number of nitrogens with one attached hydrogen (secondary N) is 1. The predicted molar refractivity (Wildman–Crippen MR) is 95.3 cm³/mol. The number of rotatable bonds is 5. The summed E-state index contributed by atoms with van der Waals surface area (Å²) >= 11 is 0. The zero-order valence-electron chi connectivity index (χ0n) is 14.5. The first kappa shape index (κ1) is 17.3. The Labute approximate surface area is 148 Å². The van der Waals surface area contributed by atoms with Crippen LogP contribution < -0.4 is 5.32 Å². The molecule has 0 radical (unpaired) electrons. The van der Waals surface area contributed by atoms with Gasteiger partial charge in [-0.05, 0) is 43.9 Å². The summed E-state index contributed by atoms with van der Waals surface area (Å²) < 4.78 is 5.14. The van der Waals surface area contributed by atoms with Crippen molar-refractivity contribution in [1.82, 2.24) is 10.2 Å². The minimum atomic E-state index is -0.805. The monoisotopic (exact) mass is 340 g/mol. The van der Waals surface area contributed by atoms with Crippen LogP contribution in [0.1, 0.15) is 42.3 Å². The average molecular weight is 340 g/mol. The van der Waals surface area contributed by atoms with E-state index in [2.05, 4.69) is 5.32 Å². The highest BCUT2D eigenvalue weighted by molar-refractivity contribution is 5.93. The fraction of sp³-hybridized carbons (Fsp3) is 0.400. The number of carbonyl (C=O) groups is 2. The van der Waals surface area contributed by atoms with Crippen LogP contribution in [-0.4, -0.2) is 36.3 Å². The lowest BCUT2D eigenvalue weighted by atomic mass is 9.80. The lowest BCUT2D eigenvalue weighted by Crippen LogP contribution is -2.52. The number of amides is 2. The Morgan fingerprint density at radius 2 is 1.80 bits per heavy atom. The van der Waals surface area contributed by atoms with Gasteiger partial charge >= 0.3 is 0 Å². The Balaban J connectivity index is 1.81. The second kappa shape index (κ2) is 7.55. The van der Waals surface area contributed by atoms with Crippen molar-refractivity contribution in [2.75, 3.05) is 19.6 Å². The Kier molecular flexibility index (Phi) is 5.22. The molecule has 132 valence electrons. The second-order valence-corrected chi connectivity index (χ2v) is 6.71. The van der Waals surface area contributed by atoms with E-state index in [0.717, 1.165) is 31.5 Å². The van der Waals surface area contributed by atoms with Gasteiger partial charge in [-0.15, -0.1) is 0 Å².